The quantitative estimate of drug-likeness (QED) is 0.383. The summed E-state index contributed by atoms with van der Waals surface area (Å²) in [5, 5.41) is 4.77. The first-order chi connectivity index (χ1) is 16.3. The van der Waals surface area contributed by atoms with Crippen molar-refractivity contribution in [2.24, 2.45) is 5.41 Å². The van der Waals surface area contributed by atoms with Crippen molar-refractivity contribution in [2.45, 2.75) is 57.8 Å². The first-order valence-electron chi connectivity index (χ1n) is 11.9. The molecule has 1 spiro atoms. The van der Waals surface area contributed by atoms with E-state index >= 15 is 0 Å². The first kappa shape index (κ1) is 21.7. The van der Waals surface area contributed by atoms with E-state index in [0.717, 1.165) is 58.0 Å². The Morgan fingerprint density at radius 1 is 1.24 bits per heavy atom. The van der Waals surface area contributed by atoms with Crippen LogP contribution in [0.25, 0.3) is 21.3 Å². The van der Waals surface area contributed by atoms with Gasteiger partial charge in [0.1, 0.15) is 22.6 Å². The van der Waals surface area contributed by atoms with Crippen molar-refractivity contribution in [1.29, 1.82) is 0 Å². The molecule has 1 aromatic carbocycles. The lowest BCUT2D eigenvalue weighted by Crippen LogP contribution is -2.56. The molecule has 1 aliphatic carbocycles. The number of thiophene rings is 1. The van der Waals surface area contributed by atoms with E-state index in [1.54, 1.807) is 31.5 Å². The van der Waals surface area contributed by atoms with Crippen LogP contribution in [0.1, 0.15) is 43.6 Å². The maximum Gasteiger partial charge on any atom is 0.323 e. The molecule has 2 fully saturated rings. The minimum absolute atomic E-state index is 0.168. The third-order valence-corrected chi connectivity index (χ3v) is 8.23. The summed E-state index contributed by atoms with van der Waals surface area (Å²) < 4.78 is 14.2. The molecular formula is C25H29FN6OS. The zero-order chi connectivity index (χ0) is 23.5. The Hall–Kier alpha value is -2.78. The number of nitrogens with one attached hydrogen (secondary N) is 3. The van der Waals surface area contributed by atoms with Crippen LogP contribution in [0.4, 0.5) is 10.2 Å². The summed E-state index contributed by atoms with van der Waals surface area (Å²) in [5.74, 6) is 0.986. The molecule has 3 N–H and O–H groups in total. The summed E-state index contributed by atoms with van der Waals surface area (Å²) >= 11 is 1.57. The standard InChI is InChI=1S/C25H29FN6OS/c1-24(2,26)10-17-8-18-21(28-14-29-22(18)34-17)32-12-25(13-32)6-5-16(9-25)27-11-15-3-4-19-20(7-15)31-23(33)30-19/h3-4,7-8,14,16,27H,5-6,9-13H2,1-2H3,(H2,30,31,33). The Morgan fingerprint density at radius 3 is 2.88 bits per heavy atom. The molecule has 0 amide bonds. The summed E-state index contributed by atoms with van der Waals surface area (Å²) in [6, 6.07) is 8.63. The highest BCUT2D eigenvalue weighted by Gasteiger charge is 2.48. The van der Waals surface area contributed by atoms with Gasteiger partial charge in [0, 0.05) is 42.4 Å². The maximum absolute atomic E-state index is 14.2. The van der Waals surface area contributed by atoms with Gasteiger partial charge in [-0.1, -0.05) is 6.07 Å². The number of hydrogen-bond donors (Lipinski definition) is 3. The molecule has 2 aliphatic rings. The Kier molecular flexibility index (Phi) is 5.04. The largest absolute Gasteiger partial charge is 0.355 e. The predicted molar refractivity (Wildman–Crippen MR) is 134 cm³/mol. The van der Waals surface area contributed by atoms with Gasteiger partial charge >= 0.3 is 5.69 Å². The van der Waals surface area contributed by atoms with Crippen molar-refractivity contribution in [3.8, 4) is 0 Å². The summed E-state index contributed by atoms with van der Waals surface area (Å²) in [5.41, 5.74) is 1.80. The summed E-state index contributed by atoms with van der Waals surface area (Å²) in [6.07, 6.45) is 5.58. The number of hydrogen-bond acceptors (Lipinski definition) is 6. The second kappa shape index (κ2) is 7.88. The zero-order valence-electron chi connectivity index (χ0n) is 19.4. The van der Waals surface area contributed by atoms with Crippen LogP contribution >= 0.6 is 11.3 Å². The van der Waals surface area contributed by atoms with Gasteiger partial charge in [0.25, 0.3) is 0 Å². The summed E-state index contributed by atoms with van der Waals surface area (Å²) in [6.45, 7) is 6.05. The van der Waals surface area contributed by atoms with Crippen LogP contribution in [0.5, 0.6) is 0 Å². The van der Waals surface area contributed by atoms with E-state index < -0.39 is 5.67 Å². The van der Waals surface area contributed by atoms with E-state index in [1.807, 2.05) is 12.1 Å². The van der Waals surface area contributed by atoms with Crippen LogP contribution in [0.2, 0.25) is 0 Å². The first-order valence-corrected chi connectivity index (χ1v) is 12.7. The molecule has 1 saturated carbocycles. The van der Waals surface area contributed by atoms with Crippen LogP contribution in [0.3, 0.4) is 0 Å². The Balaban J connectivity index is 1.09. The second-order valence-electron chi connectivity index (χ2n) is 10.7. The lowest BCUT2D eigenvalue weighted by Gasteiger charge is -2.49. The molecule has 1 aliphatic heterocycles. The summed E-state index contributed by atoms with van der Waals surface area (Å²) in [4.78, 5) is 30.5. The van der Waals surface area contributed by atoms with Crippen LogP contribution in [0, 0.1) is 5.41 Å². The van der Waals surface area contributed by atoms with Gasteiger partial charge in [0.05, 0.1) is 16.4 Å². The van der Waals surface area contributed by atoms with Crippen molar-refractivity contribution in [3.63, 3.8) is 0 Å². The van der Waals surface area contributed by atoms with Crippen molar-refractivity contribution in [3.05, 3.63) is 51.5 Å². The van der Waals surface area contributed by atoms with Crippen molar-refractivity contribution >= 4 is 38.4 Å². The highest BCUT2D eigenvalue weighted by molar-refractivity contribution is 7.18. The van der Waals surface area contributed by atoms with Crippen LogP contribution in [-0.2, 0) is 13.0 Å². The molecule has 3 aromatic heterocycles. The molecule has 0 bridgehead atoms. The SMILES string of the molecule is CC(C)(F)Cc1cc2c(N3CC4(CCC(NCc5ccc6[nH]c(=O)[nH]c6c5)C4)C3)ncnc2s1. The number of benzene rings is 1. The molecule has 34 heavy (non-hydrogen) atoms. The topological polar surface area (TPSA) is 89.7 Å². The number of rotatable bonds is 6. The van der Waals surface area contributed by atoms with Crippen LogP contribution in [0.15, 0.2) is 35.4 Å². The number of alkyl halides is 1. The molecule has 9 heteroatoms. The molecule has 7 nitrogen and oxygen atoms in total. The number of imidazole rings is 1. The highest BCUT2D eigenvalue weighted by atomic mass is 32.1. The fourth-order valence-electron chi connectivity index (χ4n) is 5.68. The fourth-order valence-corrected chi connectivity index (χ4v) is 6.88. The minimum atomic E-state index is -1.23. The highest BCUT2D eigenvalue weighted by Crippen LogP contribution is 2.48. The Labute approximate surface area is 200 Å². The maximum atomic E-state index is 14.2. The Bertz CT molecular complexity index is 1410. The van der Waals surface area contributed by atoms with E-state index in [1.165, 1.54) is 18.4 Å². The minimum Gasteiger partial charge on any atom is -0.355 e. The van der Waals surface area contributed by atoms with Gasteiger partial charge in [0.2, 0.25) is 0 Å². The number of nitrogens with zero attached hydrogens (tertiary/aromatic N) is 3. The fraction of sp³-hybridized carbons (Fsp3) is 0.480. The van der Waals surface area contributed by atoms with Gasteiger partial charge in [-0.05, 0) is 56.9 Å². The molecule has 1 unspecified atom stereocenters. The van der Waals surface area contributed by atoms with Crippen LogP contribution in [-0.4, -0.2) is 44.7 Å². The zero-order valence-corrected chi connectivity index (χ0v) is 20.3. The number of fused-ring (bicyclic) bond motifs is 2. The molecule has 6 rings (SSSR count). The van der Waals surface area contributed by atoms with Gasteiger partial charge in [-0.25, -0.2) is 19.2 Å². The monoisotopic (exact) mass is 480 g/mol. The average Bonchev–Trinajstić information content (AvgIpc) is 3.44. The number of aromatic nitrogens is 4. The normalized spacial score (nSPS) is 20.0. The van der Waals surface area contributed by atoms with Crippen molar-refractivity contribution in [1.82, 2.24) is 25.3 Å². The van der Waals surface area contributed by atoms with Gasteiger partial charge in [0.15, 0.2) is 0 Å². The van der Waals surface area contributed by atoms with Gasteiger partial charge < -0.3 is 20.2 Å². The smallest absolute Gasteiger partial charge is 0.323 e. The molecular weight excluding hydrogens is 451 g/mol. The van der Waals surface area contributed by atoms with Gasteiger partial charge in [-0.3, -0.25) is 0 Å². The van der Waals surface area contributed by atoms with Crippen LogP contribution < -0.4 is 15.9 Å². The van der Waals surface area contributed by atoms with Gasteiger partial charge in [-0.15, -0.1) is 11.3 Å². The van der Waals surface area contributed by atoms with E-state index in [0.29, 0.717) is 17.9 Å². The average molecular weight is 481 g/mol. The van der Waals surface area contributed by atoms with E-state index in [2.05, 4.69) is 42.3 Å². The third-order valence-electron chi connectivity index (χ3n) is 7.18. The molecule has 0 radical (unpaired) electrons. The molecule has 178 valence electrons. The lowest BCUT2D eigenvalue weighted by molar-refractivity contribution is 0.214. The third kappa shape index (κ3) is 4.11. The molecule has 1 saturated heterocycles. The van der Waals surface area contributed by atoms with E-state index in [4.69, 9.17) is 0 Å². The number of H-pyrrole nitrogens is 2. The number of anilines is 1. The summed E-state index contributed by atoms with van der Waals surface area (Å²) in [7, 11) is 0. The van der Waals surface area contributed by atoms with E-state index in [-0.39, 0.29) is 5.69 Å². The molecule has 1 atom stereocenters. The number of aromatic amines is 2. The lowest BCUT2D eigenvalue weighted by atomic mass is 9.78. The second-order valence-corrected chi connectivity index (χ2v) is 11.8. The van der Waals surface area contributed by atoms with Crippen molar-refractivity contribution in [2.75, 3.05) is 18.0 Å². The Morgan fingerprint density at radius 2 is 2.06 bits per heavy atom. The van der Waals surface area contributed by atoms with E-state index in [9.17, 15) is 9.18 Å². The van der Waals surface area contributed by atoms with Gasteiger partial charge in [-0.2, -0.15) is 0 Å². The molecule has 4 heterocycles. The predicted octanol–water partition coefficient (Wildman–Crippen LogP) is 4.30. The number of halogens is 1. The van der Waals surface area contributed by atoms with Crippen molar-refractivity contribution < 1.29 is 4.39 Å². The molecule has 4 aromatic rings.